The van der Waals surface area contributed by atoms with Crippen molar-refractivity contribution < 1.29 is 42.1 Å². The Labute approximate surface area is 312 Å². The molecule has 0 bridgehead atoms. The molecule has 2 atom stereocenters. The van der Waals surface area contributed by atoms with E-state index in [0.29, 0.717) is 23.9 Å². The lowest BCUT2D eigenvalue weighted by Gasteiger charge is -2.28. The summed E-state index contributed by atoms with van der Waals surface area (Å²) in [5.41, 5.74) is 0. The number of hydrogen-bond acceptors (Lipinski definition) is 8. The summed E-state index contributed by atoms with van der Waals surface area (Å²) in [5.74, 6) is -0.895. The van der Waals surface area contributed by atoms with Gasteiger partial charge >= 0.3 is 11.9 Å². The van der Waals surface area contributed by atoms with Crippen LogP contribution < -0.4 is 4.89 Å². The average molecular weight is 740 g/mol. The Balaban J connectivity index is 4.51. The minimum absolute atomic E-state index is 0.0400. The number of phosphoric ester groups is 1. The number of allylic oxidation sites excluding steroid dienone is 8. The summed E-state index contributed by atoms with van der Waals surface area (Å²) in [7, 11) is 1.13. The highest BCUT2D eigenvalue weighted by molar-refractivity contribution is 7.45. The lowest BCUT2D eigenvalue weighted by Crippen LogP contribution is -2.37. The molecule has 0 amide bonds. The van der Waals surface area contributed by atoms with Crippen LogP contribution in [-0.2, 0) is 32.7 Å². The fourth-order valence-corrected chi connectivity index (χ4v) is 5.62. The third-order valence-corrected chi connectivity index (χ3v) is 9.04. The first-order valence-corrected chi connectivity index (χ1v) is 21.3. The Bertz CT molecular complexity index is 1020. The van der Waals surface area contributed by atoms with E-state index in [4.69, 9.17) is 18.5 Å². The smallest absolute Gasteiger partial charge is 0.306 e. The Morgan fingerprint density at radius 2 is 1.06 bits per heavy atom. The first-order valence-electron chi connectivity index (χ1n) is 19.8. The predicted molar refractivity (Wildman–Crippen MR) is 208 cm³/mol. The predicted octanol–water partition coefficient (Wildman–Crippen LogP) is 10.1. The maximum Gasteiger partial charge on any atom is 0.306 e. The zero-order valence-electron chi connectivity index (χ0n) is 33.0. The Hall–Kier alpha value is -2.03. The van der Waals surface area contributed by atoms with E-state index in [9.17, 15) is 19.0 Å². The minimum atomic E-state index is -4.63. The van der Waals surface area contributed by atoms with Crippen molar-refractivity contribution in [3.8, 4) is 0 Å². The molecule has 0 saturated carbocycles. The summed E-state index contributed by atoms with van der Waals surface area (Å²) in [6.45, 7) is 4.09. The van der Waals surface area contributed by atoms with E-state index < -0.39 is 32.5 Å². The molecule has 51 heavy (non-hydrogen) atoms. The number of esters is 2. The zero-order valence-corrected chi connectivity index (χ0v) is 33.9. The van der Waals surface area contributed by atoms with Crippen molar-refractivity contribution in [2.24, 2.45) is 0 Å². The van der Waals surface area contributed by atoms with Crippen molar-refractivity contribution in [3.05, 3.63) is 48.6 Å². The second-order valence-corrected chi connectivity index (χ2v) is 15.7. The summed E-state index contributed by atoms with van der Waals surface area (Å²) >= 11 is 0. The van der Waals surface area contributed by atoms with Crippen LogP contribution in [0.3, 0.4) is 0 Å². The van der Waals surface area contributed by atoms with Gasteiger partial charge in [-0.1, -0.05) is 107 Å². The fraction of sp³-hybridized carbons (Fsp3) is 0.756. The Morgan fingerprint density at radius 1 is 0.608 bits per heavy atom. The SMILES string of the molecule is CCCCC/C=C/C/C=C/C/C=C/CCCCC(=O)OC[C@H](COP(=O)([O-])OCC[N+](C)(C)C)OC(=O)CCCCCCC/C=C/CCCCC. The van der Waals surface area contributed by atoms with E-state index in [-0.39, 0.29) is 26.1 Å². The van der Waals surface area contributed by atoms with Crippen molar-refractivity contribution in [1.29, 1.82) is 0 Å². The van der Waals surface area contributed by atoms with Crippen molar-refractivity contribution in [2.45, 2.75) is 155 Å². The molecule has 0 heterocycles. The maximum atomic E-state index is 12.6. The molecule has 0 aliphatic heterocycles. The Morgan fingerprint density at radius 3 is 1.63 bits per heavy atom. The van der Waals surface area contributed by atoms with Gasteiger partial charge in [-0.15, -0.1) is 0 Å². The number of quaternary nitrogens is 1. The topological polar surface area (TPSA) is 111 Å². The number of carbonyl (C=O) groups excluding carboxylic acids is 2. The van der Waals surface area contributed by atoms with Gasteiger partial charge in [0, 0.05) is 12.8 Å². The van der Waals surface area contributed by atoms with Gasteiger partial charge in [0.15, 0.2) is 6.10 Å². The standard InChI is InChI=1S/C41H74NO8P/c1-6-8-10-12-14-16-18-20-21-22-24-25-27-29-31-33-40(43)47-37-39(38-49-51(45,46)48-36-35-42(3,4)5)50-41(44)34-32-30-28-26-23-19-17-15-13-11-9-7-2/h14-17,20-21,24-25,39H,6-13,18-19,22-23,26-38H2,1-5H3/b16-14+,17-15+,21-20+,25-24+/t39-/m1/s1. The molecule has 0 aliphatic rings. The average Bonchev–Trinajstić information content (AvgIpc) is 3.07. The maximum absolute atomic E-state index is 12.6. The molecule has 0 aromatic heterocycles. The van der Waals surface area contributed by atoms with Crippen LogP contribution in [0.2, 0.25) is 0 Å². The molecule has 0 aromatic carbocycles. The van der Waals surface area contributed by atoms with Crippen molar-refractivity contribution in [2.75, 3.05) is 47.5 Å². The third kappa shape index (κ3) is 37.5. The number of phosphoric acid groups is 1. The minimum Gasteiger partial charge on any atom is -0.756 e. The molecule has 0 spiro atoms. The summed E-state index contributed by atoms with van der Waals surface area (Å²) in [4.78, 5) is 37.3. The van der Waals surface area contributed by atoms with Gasteiger partial charge in [-0.05, 0) is 77.0 Å². The molecule has 0 saturated heterocycles. The van der Waals surface area contributed by atoms with E-state index in [1.807, 2.05) is 21.1 Å². The molecular weight excluding hydrogens is 665 g/mol. The number of likely N-dealkylation sites (N-methyl/N-ethyl adjacent to an activating group) is 1. The molecule has 0 radical (unpaired) electrons. The fourth-order valence-electron chi connectivity index (χ4n) is 4.89. The van der Waals surface area contributed by atoms with Crippen LogP contribution in [0.4, 0.5) is 0 Å². The molecule has 0 aliphatic carbocycles. The largest absolute Gasteiger partial charge is 0.756 e. The molecule has 0 aromatic rings. The zero-order chi connectivity index (χ0) is 37.9. The first-order chi connectivity index (χ1) is 24.5. The van der Waals surface area contributed by atoms with Crippen LogP contribution in [0.25, 0.3) is 0 Å². The number of unbranched alkanes of at least 4 members (excludes halogenated alkanes) is 13. The van der Waals surface area contributed by atoms with Gasteiger partial charge in [0.2, 0.25) is 0 Å². The first kappa shape index (κ1) is 49.0. The lowest BCUT2D eigenvalue weighted by molar-refractivity contribution is -0.870. The molecule has 0 rings (SSSR count). The number of carbonyl (C=O) groups is 2. The van der Waals surface area contributed by atoms with Gasteiger partial charge < -0.3 is 27.9 Å². The highest BCUT2D eigenvalue weighted by Crippen LogP contribution is 2.38. The monoisotopic (exact) mass is 740 g/mol. The van der Waals surface area contributed by atoms with E-state index in [1.165, 1.54) is 38.5 Å². The van der Waals surface area contributed by atoms with Crippen LogP contribution in [-0.4, -0.2) is 70.0 Å². The van der Waals surface area contributed by atoms with Crippen LogP contribution >= 0.6 is 7.82 Å². The van der Waals surface area contributed by atoms with Gasteiger partial charge in [-0.25, -0.2) is 0 Å². The molecule has 9 nitrogen and oxygen atoms in total. The number of rotatable bonds is 35. The second-order valence-electron chi connectivity index (χ2n) is 14.3. The molecule has 10 heteroatoms. The molecule has 0 N–H and O–H groups in total. The van der Waals surface area contributed by atoms with Crippen LogP contribution in [0.1, 0.15) is 149 Å². The van der Waals surface area contributed by atoms with Gasteiger partial charge in [-0.2, -0.15) is 0 Å². The van der Waals surface area contributed by atoms with Crippen LogP contribution in [0.15, 0.2) is 48.6 Å². The van der Waals surface area contributed by atoms with E-state index in [1.54, 1.807) is 0 Å². The highest BCUT2D eigenvalue weighted by atomic mass is 31.2. The van der Waals surface area contributed by atoms with Gasteiger partial charge in [-0.3, -0.25) is 14.2 Å². The van der Waals surface area contributed by atoms with E-state index in [0.717, 1.165) is 70.6 Å². The van der Waals surface area contributed by atoms with E-state index in [2.05, 4.69) is 62.5 Å². The van der Waals surface area contributed by atoms with Gasteiger partial charge in [0.25, 0.3) is 7.82 Å². The highest BCUT2D eigenvalue weighted by Gasteiger charge is 2.21. The van der Waals surface area contributed by atoms with Crippen LogP contribution in [0.5, 0.6) is 0 Å². The van der Waals surface area contributed by atoms with Gasteiger partial charge in [0.1, 0.15) is 19.8 Å². The molecule has 0 fully saturated rings. The van der Waals surface area contributed by atoms with Crippen molar-refractivity contribution in [3.63, 3.8) is 0 Å². The number of hydrogen-bond donors (Lipinski definition) is 0. The second kappa shape index (κ2) is 33.8. The molecular formula is C41H74NO8P. The molecule has 296 valence electrons. The normalized spacial score (nSPS) is 14.2. The van der Waals surface area contributed by atoms with E-state index >= 15 is 0 Å². The lowest BCUT2D eigenvalue weighted by atomic mass is 10.1. The van der Waals surface area contributed by atoms with Crippen LogP contribution in [0, 0.1) is 0 Å². The Kier molecular flexibility index (Phi) is 32.4. The summed E-state index contributed by atoms with van der Waals surface area (Å²) in [6.07, 6.45) is 37.1. The summed E-state index contributed by atoms with van der Waals surface area (Å²) < 4.78 is 33.7. The number of nitrogens with zero attached hydrogens (tertiary/aromatic N) is 1. The quantitative estimate of drug-likeness (QED) is 0.0208. The summed E-state index contributed by atoms with van der Waals surface area (Å²) in [5, 5.41) is 0. The van der Waals surface area contributed by atoms with Gasteiger partial charge in [0.05, 0.1) is 27.7 Å². The molecule has 1 unspecified atom stereocenters. The summed E-state index contributed by atoms with van der Waals surface area (Å²) in [6, 6.07) is 0. The van der Waals surface area contributed by atoms with Crippen molar-refractivity contribution in [1.82, 2.24) is 0 Å². The third-order valence-electron chi connectivity index (χ3n) is 8.07. The van der Waals surface area contributed by atoms with Crippen molar-refractivity contribution >= 4 is 19.8 Å². The number of ether oxygens (including phenoxy) is 2.